The zero-order valence-electron chi connectivity index (χ0n) is 11.6. The first kappa shape index (κ1) is 14.2. The van der Waals surface area contributed by atoms with Crippen molar-refractivity contribution in [1.82, 2.24) is 0 Å². The zero-order chi connectivity index (χ0) is 14.9. The summed E-state index contributed by atoms with van der Waals surface area (Å²) < 4.78 is 0. The lowest BCUT2D eigenvalue weighted by molar-refractivity contribution is 0.0692. The molecule has 1 unspecified atom stereocenters. The zero-order valence-corrected chi connectivity index (χ0v) is 11.6. The van der Waals surface area contributed by atoms with Gasteiger partial charge in [0.05, 0.1) is 0 Å². The Morgan fingerprint density at radius 2 is 2.00 bits per heavy atom. The van der Waals surface area contributed by atoms with Gasteiger partial charge in [-0.2, -0.15) is 0 Å². The number of aryl methyl sites for hydroxylation is 1. The van der Waals surface area contributed by atoms with Gasteiger partial charge in [-0.25, -0.2) is 4.79 Å². The minimum atomic E-state index is -1.19. The number of aromatic hydroxyl groups is 2. The highest BCUT2D eigenvalue weighted by Gasteiger charge is 2.24. The second-order valence-corrected chi connectivity index (χ2v) is 5.16. The molecular weight excluding hydrogens is 256 g/mol. The second kappa shape index (κ2) is 5.41. The van der Waals surface area contributed by atoms with Crippen LogP contribution in [-0.4, -0.2) is 21.3 Å². The van der Waals surface area contributed by atoms with Gasteiger partial charge in [0.15, 0.2) is 0 Å². The SMILES string of the molecule is CC1=CC(c2c(O)cc(C)c(C(=O)O)c2O)C=CCC1. The van der Waals surface area contributed by atoms with Crippen molar-refractivity contribution < 1.29 is 20.1 Å². The highest BCUT2D eigenvalue weighted by Crippen LogP contribution is 2.41. The molecule has 106 valence electrons. The molecule has 0 spiro atoms. The predicted octanol–water partition coefficient (Wildman–Crippen LogP) is 3.48. The van der Waals surface area contributed by atoms with Crippen molar-refractivity contribution in [2.24, 2.45) is 0 Å². The monoisotopic (exact) mass is 274 g/mol. The number of carboxylic acids is 1. The molecule has 1 aliphatic rings. The van der Waals surface area contributed by atoms with E-state index in [2.05, 4.69) is 0 Å². The third-order valence-corrected chi connectivity index (χ3v) is 3.58. The average molecular weight is 274 g/mol. The van der Waals surface area contributed by atoms with Gasteiger partial charge in [0.1, 0.15) is 17.1 Å². The summed E-state index contributed by atoms with van der Waals surface area (Å²) in [5, 5.41) is 29.5. The van der Waals surface area contributed by atoms with Crippen molar-refractivity contribution in [3.63, 3.8) is 0 Å². The average Bonchev–Trinajstić information content (AvgIpc) is 2.52. The van der Waals surface area contributed by atoms with Crippen molar-refractivity contribution >= 4 is 5.97 Å². The fourth-order valence-corrected chi connectivity index (χ4v) is 2.58. The minimum absolute atomic E-state index is 0.0781. The largest absolute Gasteiger partial charge is 0.507 e. The summed E-state index contributed by atoms with van der Waals surface area (Å²) in [5.74, 6) is -1.93. The lowest BCUT2D eigenvalue weighted by Crippen LogP contribution is -2.04. The Labute approximate surface area is 117 Å². The number of allylic oxidation sites excluding steroid dienone is 4. The van der Waals surface area contributed by atoms with Gasteiger partial charge in [0.2, 0.25) is 0 Å². The van der Waals surface area contributed by atoms with Crippen LogP contribution in [0, 0.1) is 6.92 Å². The Bertz CT molecular complexity index is 611. The first-order chi connectivity index (χ1) is 9.41. The number of hydrogen-bond donors (Lipinski definition) is 3. The highest BCUT2D eigenvalue weighted by molar-refractivity contribution is 5.93. The Morgan fingerprint density at radius 1 is 1.30 bits per heavy atom. The van der Waals surface area contributed by atoms with E-state index in [-0.39, 0.29) is 28.5 Å². The molecule has 0 aliphatic heterocycles. The molecular formula is C16H18O4. The molecule has 0 radical (unpaired) electrons. The summed E-state index contributed by atoms with van der Waals surface area (Å²) in [5.41, 5.74) is 1.60. The summed E-state index contributed by atoms with van der Waals surface area (Å²) in [6.45, 7) is 3.54. The number of hydrogen-bond acceptors (Lipinski definition) is 3. The molecule has 1 aromatic carbocycles. The molecule has 1 atom stereocenters. The Balaban J connectivity index is 2.64. The van der Waals surface area contributed by atoms with Gasteiger partial charge >= 0.3 is 5.97 Å². The number of phenols is 2. The van der Waals surface area contributed by atoms with Gasteiger partial charge < -0.3 is 15.3 Å². The second-order valence-electron chi connectivity index (χ2n) is 5.16. The molecule has 0 amide bonds. The number of rotatable bonds is 2. The van der Waals surface area contributed by atoms with Crippen molar-refractivity contribution in [2.45, 2.75) is 32.6 Å². The molecule has 0 fully saturated rings. The summed E-state index contributed by atoms with van der Waals surface area (Å²) >= 11 is 0. The highest BCUT2D eigenvalue weighted by atomic mass is 16.4. The van der Waals surface area contributed by atoms with Gasteiger partial charge in [0, 0.05) is 11.5 Å². The van der Waals surface area contributed by atoms with E-state index in [4.69, 9.17) is 0 Å². The lowest BCUT2D eigenvalue weighted by Gasteiger charge is -2.16. The summed E-state index contributed by atoms with van der Waals surface area (Å²) in [4.78, 5) is 11.2. The normalized spacial score (nSPS) is 18.5. The van der Waals surface area contributed by atoms with E-state index in [1.54, 1.807) is 6.92 Å². The van der Waals surface area contributed by atoms with Gasteiger partial charge in [-0.3, -0.25) is 0 Å². The maximum atomic E-state index is 11.2. The number of carbonyl (C=O) groups is 1. The third-order valence-electron chi connectivity index (χ3n) is 3.58. The van der Waals surface area contributed by atoms with E-state index in [0.29, 0.717) is 5.56 Å². The van der Waals surface area contributed by atoms with Crippen LogP contribution in [0.15, 0.2) is 29.9 Å². The smallest absolute Gasteiger partial charge is 0.339 e. The lowest BCUT2D eigenvalue weighted by atomic mass is 9.91. The van der Waals surface area contributed by atoms with Crippen molar-refractivity contribution in [3.05, 3.63) is 46.6 Å². The fourth-order valence-electron chi connectivity index (χ4n) is 2.58. The molecule has 0 saturated carbocycles. The summed E-state index contributed by atoms with van der Waals surface area (Å²) in [6.07, 6.45) is 7.63. The van der Waals surface area contributed by atoms with Crippen LogP contribution in [0.1, 0.15) is 47.2 Å². The summed E-state index contributed by atoms with van der Waals surface area (Å²) in [7, 11) is 0. The van der Waals surface area contributed by atoms with Crippen LogP contribution in [0.25, 0.3) is 0 Å². The first-order valence-corrected chi connectivity index (χ1v) is 6.54. The maximum absolute atomic E-state index is 11.2. The van der Waals surface area contributed by atoms with Crippen LogP contribution in [0.3, 0.4) is 0 Å². The predicted molar refractivity (Wildman–Crippen MR) is 76.3 cm³/mol. The van der Waals surface area contributed by atoms with Crippen molar-refractivity contribution in [1.29, 1.82) is 0 Å². The Morgan fingerprint density at radius 3 is 2.65 bits per heavy atom. The summed E-state index contributed by atoms with van der Waals surface area (Å²) in [6, 6.07) is 1.39. The maximum Gasteiger partial charge on any atom is 0.339 e. The Hall–Kier alpha value is -2.23. The van der Waals surface area contributed by atoms with Crippen LogP contribution >= 0.6 is 0 Å². The molecule has 4 heteroatoms. The molecule has 2 rings (SSSR count). The molecule has 20 heavy (non-hydrogen) atoms. The fraction of sp³-hybridized carbons (Fsp3) is 0.312. The van der Waals surface area contributed by atoms with Gasteiger partial charge in [-0.15, -0.1) is 0 Å². The Kier molecular flexibility index (Phi) is 3.84. The van der Waals surface area contributed by atoms with Crippen molar-refractivity contribution in [2.75, 3.05) is 0 Å². The van der Waals surface area contributed by atoms with E-state index in [9.17, 15) is 20.1 Å². The van der Waals surface area contributed by atoms with Gasteiger partial charge in [-0.1, -0.05) is 23.8 Å². The molecule has 0 bridgehead atoms. The molecule has 1 aliphatic carbocycles. The van der Waals surface area contributed by atoms with Crippen LogP contribution in [0.2, 0.25) is 0 Å². The first-order valence-electron chi connectivity index (χ1n) is 6.54. The number of aromatic carboxylic acids is 1. The van der Waals surface area contributed by atoms with Crippen LogP contribution in [0.5, 0.6) is 11.5 Å². The quantitative estimate of drug-likeness (QED) is 0.721. The van der Waals surface area contributed by atoms with Gasteiger partial charge in [-0.05, 0) is 38.3 Å². The standard InChI is InChI=1S/C16H18O4/c1-9-5-3-4-6-11(7-9)14-12(17)8-10(2)13(15(14)18)16(19)20/h4,6-8,11,17-18H,3,5H2,1-2H3,(H,19,20). The topological polar surface area (TPSA) is 77.8 Å². The van der Waals surface area contributed by atoms with Crippen LogP contribution in [-0.2, 0) is 0 Å². The molecule has 1 aromatic rings. The van der Waals surface area contributed by atoms with Crippen molar-refractivity contribution in [3.8, 4) is 11.5 Å². The van der Waals surface area contributed by atoms with E-state index in [0.717, 1.165) is 18.4 Å². The number of benzene rings is 1. The number of carboxylic acid groups (broad SMARTS) is 1. The van der Waals surface area contributed by atoms with Gasteiger partial charge in [0.25, 0.3) is 0 Å². The molecule has 0 saturated heterocycles. The minimum Gasteiger partial charge on any atom is -0.507 e. The van der Waals surface area contributed by atoms with Crippen LogP contribution in [0.4, 0.5) is 0 Å². The van der Waals surface area contributed by atoms with E-state index in [1.165, 1.54) is 6.07 Å². The third kappa shape index (κ3) is 2.54. The van der Waals surface area contributed by atoms with E-state index in [1.807, 2.05) is 25.2 Å². The molecule has 4 nitrogen and oxygen atoms in total. The van der Waals surface area contributed by atoms with E-state index >= 15 is 0 Å². The molecule has 3 N–H and O–H groups in total. The van der Waals surface area contributed by atoms with Crippen LogP contribution < -0.4 is 0 Å². The van der Waals surface area contributed by atoms with E-state index < -0.39 is 5.97 Å². The molecule has 0 aromatic heterocycles. The number of phenolic OH excluding ortho intramolecular Hbond substituents is 1. The molecule has 0 heterocycles.